The number of rotatable bonds is 3. The lowest BCUT2D eigenvalue weighted by atomic mass is 10.2. The average Bonchev–Trinajstić information content (AvgIpc) is 2.57. The summed E-state index contributed by atoms with van der Waals surface area (Å²) in [6.45, 7) is 2.12. The van der Waals surface area contributed by atoms with E-state index in [-0.39, 0.29) is 5.69 Å². The maximum atomic E-state index is 11.1. The van der Waals surface area contributed by atoms with Gasteiger partial charge in [-0.3, -0.25) is 9.97 Å². The number of aromatic nitrogens is 4. The Morgan fingerprint density at radius 1 is 1.33 bits per heavy atom. The Balaban J connectivity index is 2.51. The van der Waals surface area contributed by atoms with E-state index < -0.39 is 0 Å². The monoisotopic (exact) mass is 224 g/mol. The molecule has 0 radical (unpaired) electrons. The van der Waals surface area contributed by atoms with E-state index in [4.69, 9.17) is 12.2 Å². The Bertz CT molecular complexity index is 580. The molecule has 15 heavy (non-hydrogen) atoms. The third-order valence-corrected chi connectivity index (χ3v) is 2.51. The van der Waals surface area contributed by atoms with E-state index in [0.717, 1.165) is 25.1 Å². The van der Waals surface area contributed by atoms with Crippen molar-refractivity contribution in [3.8, 4) is 0 Å². The molecular weight excluding hydrogens is 212 g/mol. The first-order chi connectivity index (χ1) is 7.20. The van der Waals surface area contributed by atoms with Gasteiger partial charge in [0.25, 0.3) is 0 Å². The van der Waals surface area contributed by atoms with Crippen LogP contribution in [0, 0.1) is 4.64 Å². The Morgan fingerprint density at radius 3 is 2.87 bits per heavy atom. The van der Waals surface area contributed by atoms with Crippen LogP contribution in [0.25, 0.3) is 11.2 Å². The van der Waals surface area contributed by atoms with Gasteiger partial charge in [0.1, 0.15) is 16.0 Å². The second-order valence-electron chi connectivity index (χ2n) is 3.42. The van der Waals surface area contributed by atoms with Crippen LogP contribution in [0.2, 0.25) is 0 Å². The molecule has 0 spiro atoms. The Kier molecular flexibility index (Phi) is 2.68. The second-order valence-corrected chi connectivity index (χ2v) is 3.83. The number of H-pyrrole nitrogens is 3. The van der Waals surface area contributed by atoms with Gasteiger partial charge >= 0.3 is 5.69 Å². The van der Waals surface area contributed by atoms with E-state index in [1.54, 1.807) is 0 Å². The van der Waals surface area contributed by atoms with Crippen molar-refractivity contribution in [3.05, 3.63) is 20.9 Å². The molecule has 80 valence electrons. The van der Waals surface area contributed by atoms with Crippen LogP contribution in [0.1, 0.15) is 25.6 Å². The van der Waals surface area contributed by atoms with Crippen molar-refractivity contribution in [3.63, 3.8) is 0 Å². The molecule has 0 bridgehead atoms. The molecule has 2 rings (SSSR count). The number of imidazole rings is 1. The summed E-state index contributed by atoms with van der Waals surface area (Å²) in [4.78, 5) is 23.6. The van der Waals surface area contributed by atoms with Crippen molar-refractivity contribution in [2.75, 3.05) is 0 Å². The summed E-state index contributed by atoms with van der Waals surface area (Å²) in [7, 11) is 0. The van der Waals surface area contributed by atoms with Crippen LogP contribution in [-0.4, -0.2) is 19.9 Å². The first kappa shape index (κ1) is 10.1. The van der Waals surface area contributed by atoms with Gasteiger partial charge in [-0.05, 0) is 6.42 Å². The summed E-state index contributed by atoms with van der Waals surface area (Å²) in [5, 5.41) is 0. The highest BCUT2D eigenvalue weighted by atomic mass is 32.1. The van der Waals surface area contributed by atoms with Crippen molar-refractivity contribution in [1.29, 1.82) is 0 Å². The zero-order valence-corrected chi connectivity index (χ0v) is 9.20. The van der Waals surface area contributed by atoms with E-state index in [1.165, 1.54) is 0 Å². The lowest BCUT2D eigenvalue weighted by Crippen LogP contribution is -2.09. The highest BCUT2D eigenvalue weighted by molar-refractivity contribution is 7.71. The SMILES string of the molecule is CCCCc1nc2[nH]c(=O)[nH]c(=S)c2[nH]1. The van der Waals surface area contributed by atoms with Crippen molar-refractivity contribution < 1.29 is 0 Å². The smallest absolute Gasteiger partial charge is 0.325 e. The Hall–Kier alpha value is -1.43. The Morgan fingerprint density at radius 2 is 2.13 bits per heavy atom. The number of aromatic amines is 3. The van der Waals surface area contributed by atoms with Gasteiger partial charge in [0, 0.05) is 6.42 Å². The molecule has 2 heterocycles. The standard InChI is InChI=1S/C9H12N4OS/c1-2-3-4-5-10-6-7(11-5)12-9(14)13-8(6)15/h2-4H2,1H3,(H3,10,11,12,13,14,15). The molecule has 0 aromatic carbocycles. The maximum absolute atomic E-state index is 11.1. The van der Waals surface area contributed by atoms with Crippen LogP contribution in [0.4, 0.5) is 0 Å². The minimum Gasteiger partial charge on any atom is -0.338 e. The molecule has 0 amide bonds. The van der Waals surface area contributed by atoms with E-state index in [9.17, 15) is 4.79 Å². The summed E-state index contributed by atoms with van der Waals surface area (Å²) in [6.07, 6.45) is 3.06. The number of hydrogen-bond donors (Lipinski definition) is 3. The van der Waals surface area contributed by atoms with Gasteiger partial charge in [-0.15, -0.1) is 0 Å². The average molecular weight is 224 g/mol. The van der Waals surface area contributed by atoms with Gasteiger partial charge in [-0.25, -0.2) is 9.78 Å². The molecule has 2 aromatic rings. The van der Waals surface area contributed by atoms with Crippen LogP contribution < -0.4 is 5.69 Å². The summed E-state index contributed by atoms with van der Waals surface area (Å²) < 4.78 is 0.406. The number of nitrogens with one attached hydrogen (secondary N) is 3. The van der Waals surface area contributed by atoms with E-state index >= 15 is 0 Å². The van der Waals surface area contributed by atoms with Gasteiger partial charge in [0.15, 0.2) is 5.65 Å². The van der Waals surface area contributed by atoms with Crippen LogP contribution in [0.5, 0.6) is 0 Å². The largest absolute Gasteiger partial charge is 0.338 e. The normalized spacial score (nSPS) is 11.0. The minimum absolute atomic E-state index is 0.318. The molecule has 0 atom stereocenters. The fraction of sp³-hybridized carbons (Fsp3) is 0.444. The number of fused-ring (bicyclic) bond motifs is 1. The molecule has 6 heteroatoms. The molecule has 0 aliphatic heterocycles. The number of nitrogens with zero attached hydrogens (tertiary/aromatic N) is 1. The van der Waals surface area contributed by atoms with Crippen molar-refractivity contribution in [2.24, 2.45) is 0 Å². The fourth-order valence-electron chi connectivity index (χ4n) is 1.44. The Labute approximate surface area is 91.0 Å². The summed E-state index contributed by atoms with van der Waals surface area (Å²) in [6, 6.07) is 0. The highest BCUT2D eigenvalue weighted by Gasteiger charge is 2.04. The molecule has 3 N–H and O–H groups in total. The van der Waals surface area contributed by atoms with Crippen molar-refractivity contribution >= 4 is 23.4 Å². The fourth-order valence-corrected chi connectivity index (χ4v) is 1.68. The third-order valence-electron chi connectivity index (χ3n) is 2.21. The predicted octanol–water partition coefficient (Wildman–Crippen LogP) is 1.65. The quantitative estimate of drug-likeness (QED) is 0.694. The number of unbranched alkanes of at least 4 members (excludes halogenated alkanes) is 1. The summed E-state index contributed by atoms with van der Waals surface area (Å²) >= 11 is 5.02. The molecule has 0 saturated heterocycles. The topological polar surface area (TPSA) is 77.3 Å². The number of aryl methyl sites for hydroxylation is 1. The zero-order valence-electron chi connectivity index (χ0n) is 8.39. The second kappa shape index (κ2) is 3.98. The van der Waals surface area contributed by atoms with E-state index in [1.807, 2.05) is 0 Å². The van der Waals surface area contributed by atoms with Gasteiger partial charge in [-0.2, -0.15) is 0 Å². The predicted molar refractivity (Wildman–Crippen MR) is 60.5 cm³/mol. The van der Waals surface area contributed by atoms with Crippen LogP contribution in [0.3, 0.4) is 0 Å². The maximum Gasteiger partial charge on any atom is 0.325 e. The van der Waals surface area contributed by atoms with Crippen molar-refractivity contribution in [2.45, 2.75) is 26.2 Å². The number of hydrogen-bond acceptors (Lipinski definition) is 3. The molecule has 0 aliphatic carbocycles. The molecule has 0 fully saturated rings. The van der Waals surface area contributed by atoms with Crippen LogP contribution in [-0.2, 0) is 6.42 Å². The van der Waals surface area contributed by atoms with Gasteiger partial charge in [0.2, 0.25) is 0 Å². The first-order valence-corrected chi connectivity index (χ1v) is 5.32. The molecule has 5 nitrogen and oxygen atoms in total. The van der Waals surface area contributed by atoms with Gasteiger partial charge in [0.05, 0.1) is 0 Å². The summed E-state index contributed by atoms with van der Waals surface area (Å²) in [5.41, 5.74) is 0.923. The van der Waals surface area contributed by atoms with Gasteiger partial charge < -0.3 is 4.98 Å². The van der Waals surface area contributed by atoms with Crippen LogP contribution >= 0.6 is 12.2 Å². The zero-order chi connectivity index (χ0) is 10.8. The summed E-state index contributed by atoms with van der Waals surface area (Å²) in [5.74, 6) is 0.869. The molecule has 0 saturated carbocycles. The lowest BCUT2D eigenvalue weighted by molar-refractivity contribution is 0.764. The molecule has 0 aliphatic rings. The molecule has 2 aromatic heterocycles. The molecular formula is C9H12N4OS. The highest BCUT2D eigenvalue weighted by Crippen LogP contribution is 2.08. The van der Waals surface area contributed by atoms with E-state index in [0.29, 0.717) is 15.8 Å². The van der Waals surface area contributed by atoms with E-state index in [2.05, 4.69) is 26.9 Å². The first-order valence-electron chi connectivity index (χ1n) is 4.92. The van der Waals surface area contributed by atoms with Crippen molar-refractivity contribution in [1.82, 2.24) is 19.9 Å². The third kappa shape index (κ3) is 1.99. The van der Waals surface area contributed by atoms with Crippen LogP contribution in [0.15, 0.2) is 4.79 Å². The lowest BCUT2D eigenvalue weighted by Gasteiger charge is -1.90. The minimum atomic E-state index is -0.318. The van der Waals surface area contributed by atoms with Gasteiger partial charge in [-0.1, -0.05) is 25.6 Å². The molecule has 0 unspecified atom stereocenters.